The summed E-state index contributed by atoms with van der Waals surface area (Å²) in [6.07, 6.45) is 0. The van der Waals surface area contributed by atoms with Gasteiger partial charge in [-0.1, -0.05) is 0 Å². The van der Waals surface area contributed by atoms with Crippen molar-refractivity contribution in [3.05, 3.63) is 0 Å². The molecule has 0 amide bonds. The molecule has 0 bridgehead atoms. The summed E-state index contributed by atoms with van der Waals surface area (Å²) in [5.41, 5.74) is 0. The van der Waals surface area contributed by atoms with E-state index in [4.69, 9.17) is 16.5 Å². The van der Waals surface area contributed by atoms with Crippen LogP contribution in [0.2, 0.25) is 65.5 Å². The van der Waals surface area contributed by atoms with Gasteiger partial charge in [0.05, 0.1) is 0 Å². The molecule has 0 heterocycles. The summed E-state index contributed by atoms with van der Waals surface area (Å²) in [4.78, 5) is 10.4. The molecule has 0 aliphatic heterocycles. The molecule has 0 aliphatic carbocycles. The molecule has 0 rings (SSSR count). The van der Waals surface area contributed by atoms with Gasteiger partial charge in [0.2, 0.25) is 0 Å². The standard InChI is InChI=1S/C10H32O5Si5/c1-16(12-17(2,3)4)13-20(10,11)15-19(8,9)14-18(5,6)7/h11,16H,1-10H3. The summed E-state index contributed by atoms with van der Waals surface area (Å²) >= 11 is 0. The second kappa shape index (κ2) is 6.98. The van der Waals surface area contributed by atoms with Crippen LogP contribution in [0.1, 0.15) is 0 Å². The quantitative estimate of drug-likeness (QED) is 0.664. The van der Waals surface area contributed by atoms with Crippen LogP contribution < -0.4 is 0 Å². The van der Waals surface area contributed by atoms with E-state index in [1.165, 1.54) is 0 Å². The van der Waals surface area contributed by atoms with Gasteiger partial charge >= 0.3 is 26.6 Å². The van der Waals surface area contributed by atoms with Crippen LogP contribution in [-0.4, -0.2) is 48.1 Å². The third-order valence-corrected chi connectivity index (χ3v) is 17.0. The van der Waals surface area contributed by atoms with Crippen molar-refractivity contribution in [1.82, 2.24) is 0 Å². The average molecular weight is 373 g/mol. The van der Waals surface area contributed by atoms with Gasteiger partial charge in [0.15, 0.2) is 16.6 Å². The van der Waals surface area contributed by atoms with Crippen LogP contribution >= 0.6 is 0 Å². The SMILES string of the molecule is C[SiH](O[Si](C)(C)C)O[Si](C)(O)O[Si](C)(C)O[Si](C)(C)C. The first-order valence-corrected chi connectivity index (χ1v) is 21.0. The summed E-state index contributed by atoms with van der Waals surface area (Å²) in [6, 6.07) is 0. The number of hydrogen-bond donors (Lipinski definition) is 1. The Morgan fingerprint density at radius 3 is 1.50 bits per heavy atom. The first-order valence-electron chi connectivity index (χ1n) is 7.00. The molecule has 0 spiro atoms. The smallest absolute Gasteiger partial charge is 0.439 e. The van der Waals surface area contributed by atoms with Gasteiger partial charge in [-0.2, -0.15) is 0 Å². The van der Waals surface area contributed by atoms with Crippen LogP contribution in [0.4, 0.5) is 0 Å². The maximum absolute atomic E-state index is 10.4. The van der Waals surface area contributed by atoms with Crippen LogP contribution in [0, 0.1) is 0 Å². The second-order valence-electron chi connectivity index (χ2n) is 7.53. The predicted octanol–water partition coefficient (Wildman–Crippen LogP) is 2.84. The molecule has 20 heavy (non-hydrogen) atoms. The zero-order valence-electron chi connectivity index (χ0n) is 14.7. The molecule has 0 aliphatic rings. The maximum Gasteiger partial charge on any atom is 0.476 e. The summed E-state index contributed by atoms with van der Waals surface area (Å²) in [5.74, 6) is 0. The van der Waals surface area contributed by atoms with Crippen molar-refractivity contribution in [3.8, 4) is 0 Å². The minimum atomic E-state index is -3.18. The monoisotopic (exact) mass is 372 g/mol. The largest absolute Gasteiger partial charge is 0.476 e. The lowest BCUT2D eigenvalue weighted by molar-refractivity contribution is 0.218. The Hall–Kier alpha value is 0.884. The molecule has 5 nitrogen and oxygen atoms in total. The molecule has 0 saturated carbocycles. The molecular weight excluding hydrogens is 341 g/mol. The van der Waals surface area contributed by atoms with E-state index in [0.717, 1.165) is 0 Å². The van der Waals surface area contributed by atoms with Crippen molar-refractivity contribution in [2.75, 3.05) is 0 Å². The van der Waals surface area contributed by atoms with Crippen LogP contribution in [0.5, 0.6) is 0 Å². The zero-order chi connectivity index (χ0) is 16.4. The Morgan fingerprint density at radius 1 is 0.700 bits per heavy atom. The second-order valence-corrected chi connectivity index (χ2v) is 25.2. The molecule has 122 valence electrons. The van der Waals surface area contributed by atoms with E-state index in [0.29, 0.717) is 0 Å². The Morgan fingerprint density at radius 2 is 1.15 bits per heavy atom. The molecule has 0 saturated heterocycles. The van der Waals surface area contributed by atoms with Crippen molar-refractivity contribution < 1.29 is 21.3 Å². The molecule has 2 atom stereocenters. The summed E-state index contributed by atoms with van der Waals surface area (Å²) in [5, 5.41) is 0. The van der Waals surface area contributed by atoms with E-state index < -0.39 is 43.3 Å². The van der Waals surface area contributed by atoms with Crippen molar-refractivity contribution in [2.45, 2.75) is 65.5 Å². The Labute approximate surface area is 130 Å². The topological polar surface area (TPSA) is 57.2 Å². The minimum Gasteiger partial charge on any atom is -0.439 e. The minimum absolute atomic E-state index is 1.64. The fourth-order valence-corrected chi connectivity index (χ4v) is 19.9. The van der Waals surface area contributed by atoms with Crippen molar-refractivity contribution >= 4 is 43.3 Å². The molecular formula is C10H32O5Si5. The van der Waals surface area contributed by atoms with E-state index in [-0.39, 0.29) is 0 Å². The Balaban J connectivity index is 4.58. The number of hydrogen-bond acceptors (Lipinski definition) is 5. The summed E-state index contributed by atoms with van der Waals surface area (Å²) < 4.78 is 23.6. The molecule has 2 unspecified atom stereocenters. The van der Waals surface area contributed by atoms with Crippen LogP contribution in [-0.2, 0) is 16.5 Å². The van der Waals surface area contributed by atoms with E-state index >= 15 is 0 Å². The maximum atomic E-state index is 10.4. The van der Waals surface area contributed by atoms with Crippen LogP contribution in [0.15, 0.2) is 0 Å². The van der Waals surface area contributed by atoms with Crippen molar-refractivity contribution in [1.29, 1.82) is 0 Å². The highest BCUT2D eigenvalue weighted by atomic mass is 28.5. The van der Waals surface area contributed by atoms with Crippen LogP contribution in [0.3, 0.4) is 0 Å². The molecule has 0 aromatic heterocycles. The lowest BCUT2D eigenvalue weighted by Gasteiger charge is -2.36. The average Bonchev–Trinajstić information content (AvgIpc) is 1.86. The molecule has 0 radical (unpaired) electrons. The summed E-state index contributed by atoms with van der Waals surface area (Å²) in [6.45, 7) is 20.2. The first-order chi connectivity index (χ1) is 8.52. The number of rotatable bonds is 8. The van der Waals surface area contributed by atoms with Crippen molar-refractivity contribution in [3.63, 3.8) is 0 Å². The molecule has 0 aromatic rings. The van der Waals surface area contributed by atoms with Gasteiger partial charge < -0.3 is 21.3 Å². The van der Waals surface area contributed by atoms with E-state index in [1.54, 1.807) is 6.55 Å². The molecule has 1 N–H and O–H groups in total. The third-order valence-electron chi connectivity index (χ3n) is 1.89. The van der Waals surface area contributed by atoms with E-state index in [2.05, 4.69) is 39.3 Å². The highest BCUT2D eigenvalue weighted by Crippen LogP contribution is 2.20. The van der Waals surface area contributed by atoms with Gasteiger partial charge in [-0.05, 0) is 58.9 Å². The van der Waals surface area contributed by atoms with Gasteiger partial charge in [-0.25, -0.2) is 0 Å². The van der Waals surface area contributed by atoms with Gasteiger partial charge in [0.1, 0.15) is 0 Å². The normalized spacial score (nSPS) is 18.8. The fourth-order valence-electron chi connectivity index (χ4n) is 2.07. The van der Waals surface area contributed by atoms with Crippen molar-refractivity contribution in [2.24, 2.45) is 0 Å². The van der Waals surface area contributed by atoms with E-state index in [9.17, 15) is 4.80 Å². The molecule has 10 heteroatoms. The Kier molecular flexibility index (Phi) is 7.28. The fraction of sp³-hybridized carbons (Fsp3) is 1.00. The highest BCUT2D eigenvalue weighted by molar-refractivity contribution is 6.86. The van der Waals surface area contributed by atoms with E-state index in [1.807, 2.05) is 19.6 Å². The van der Waals surface area contributed by atoms with Gasteiger partial charge in [0, 0.05) is 6.55 Å². The Bertz CT molecular complexity index is 310. The van der Waals surface area contributed by atoms with Crippen LogP contribution in [0.25, 0.3) is 0 Å². The zero-order valence-corrected chi connectivity index (χ0v) is 19.8. The molecule has 0 fully saturated rings. The third kappa shape index (κ3) is 11.5. The van der Waals surface area contributed by atoms with Gasteiger partial charge in [-0.15, -0.1) is 0 Å². The highest BCUT2D eigenvalue weighted by Gasteiger charge is 2.43. The lowest BCUT2D eigenvalue weighted by Crippen LogP contribution is -2.56. The summed E-state index contributed by atoms with van der Waals surface area (Å²) in [7, 11) is -10.8. The van der Waals surface area contributed by atoms with Gasteiger partial charge in [-0.3, -0.25) is 0 Å². The lowest BCUT2D eigenvalue weighted by atomic mass is 11.8. The predicted molar refractivity (Wildman–Crippen MR) is 95.4 cm³/mol. The van der Waals surface area contributed by atoms with Gasteiger partial charge in [0.25, 0.3) is 0 Å². The first kappa shape index (κ1) is 20.9. The molecule has 0 aromatic carbocycles.